The second kappa shape index (κ2) is 6.86. The predicted molar refractivity (Wildman–Crippen MR) is 95.5 cm³/mol. The molecule has 1 heterocycles. The number of aromatic nitrogens is 1. The molecular weight excluding hydrogens is 360 g/mol. The van der Waals surface area contributed by atoms with Crippen molar-refractivity contribution in [3.05, 3.63) is 46.1 Å². The number of aliphatic carboxylic acids is 1. The molecule has 0 aliphatic heterocycles. The number of benzene rings is 1. The lowest BCUT2D eigenvalue weighted by Crippen LogP contribution is -2.42. The van der Waals surface area contributed by atoms with E-state index in [1.54, 1.807) is 0 Å². The number of aryl methyl sites for hydroxylation is 2. The summed E-state index contributed by atoms with van der Waals surface area (Å²) in [6.45, 7) is 3.91. The molecule has 6 nitrogen and oxygen atoms in total. The van der Waals surface area contributed by atoms with Crippen molar-refractivity contribution in [2.24, 2.45) is 0 Å². The number of rotatable bonds is 7. The third kappa shape index (κ3) is 4.26. The monoisotopic (exact) mass is 380 g/mol. The van der Waals surface area contributed by atoms with Crippen LogP contribution in [0.5, 0.6) is 0 Å². The first kappa shape index (κ1) is 18.0. The van der Waals surface area contributed by atoms with Gasteiger partial charge in [-0.25, -0.2) is 13.4 Å². The summed E-state index contributed by atoms with van der Waals surface area (Å²) in [6.07, 6.45) is 3.47. The Kier molecular flexibility index (Phi) is 4.95. The molecule has 0 amide bonds. The zero-order valence-electron chi connectivity index (χ0n) is 14.0. The lowest BCUT2D eigenvalue weighted by molar-refractivity contribution is -0.138. The summed E-state index contributed by atoms with van der Waals surface area (Å²) >= 11 is 1.12. The van der Waals surface area contributed by atoms with E-state index >= 15 is 0 Å². The molecule has 1 aromatic carbocycles. The van der Waals surface area contributed by atoms with Crippen LogP contribution in [0.3, 0.4) is 0 Å². The van der Waals surface area contributed by atoms with Gasteiger partial charge in [0.15, 0.2) is 4.21 Å². The van der Waals surface area contributed by atoms with Crippen LogP contribution in [-0.4, -0.2) is 30.5 Å². The SMILES string of the molecule is Cc1ccc(CC(NS(=O)(=O)c2cnc(C3CC3)s2)C(=O)O)cc1C. The van der Waals surface area contributed by atoms with Gasteiger partial charge in [-0.1, -0.05) is 18.2 Å². The zero-order valence-corrected chi connectivity index (χ0v) is 15.7. The van der Waals surface area contributed by atoms with Crippen LogP contribution in [0, 0.1) is 13.8 Å². The fourth-order valence-corrected chi connectivity index (χ4v) is 5.03. The fraction of sp³-hybridized carbons (Fsp3) is 0.412. The highest BCUT2D eigenvalue weighted by molar-refractivity contribution is 7.91. The van der Waals surface area contributed by atoms with Crippen molar-refractivity contribution >= 4 is 27.3 Å². The molecule has 1 saturated carbocycles. The van der Waals surface area contributed by atoms with Gasteiger partial charge in [0.1, 0.15) is 6.04 Å². The Morgan fingerprint density at radius 1 is 1.36 bits per heavy atom. The van der Waals surface area contributed by atoms with Gasteiger partial charge in [-0.05, 0) is 49.8 Å². The molecule has 8 heteroatoms. The van der Waals surface area contributed by atoms with Crippen molar-refractivity contribution in [2.75, 3.05) is 0 Å². The average Bonchev–Trinajstić information content (AvgIpc) is 3.26. The van der Waals surface area contributed by atoms with Gasteiger partial charge in [0.25, 0.3) is 10.0 Å². The molecule has 2 N–H and O–H groups in total. The van der Waals surface area contributed by atoms with Crippen molar-refractivity contribution in [3.8, 4) is 0 Å². The number of carboxylic acid groups (broad SMARTS) is 1. The summed E-state index contributed by atoms with van der Waals surface area (Å²) in [4.78, 5) is 15.7. The maximum absolute atomic E-state index is 12.5. The van der Waals surface area contributed by atoms with Gasteiger partial charge in [-0.15, -0.1) is 11.3 Å². The van der Waals surface area contributed by atoms with E-state index in [2.05, 4.69) is 9.71 Å². The van der Waals surface area contributed by atoms with Gasteiger partial charge in [-0.3, -0.25) is 4.79 Å². The van der Waals surface area contributed by atoms with E-state index in [1.807, 2.05) is 32.0 Å². The van der Waals surface area contributed by atoms with Gasteiger partial charge >= 0.3 is 5.97 Å². The summed E-state index contributed by atoms with van der Waals surface area (Å²) in [5.74, 6) is -0.839. The first-order valence-corrected chi connectivity index (χ1v) is 10.3. The standard InChI is InChI=1S/C17H20N2O4S2/c1-10-3-4-12(7-11(10)2)8-14(17(20)21)19-25(22,23)15-9-18-16(24-15)13-5-6-13/h3-4,7,9,13-14,19H,5-6,8H2,1-2H3,(H,20,21). The number of thiazole rings is 1. The van der Waals surface area contributed by atoms with Crippen molar-refractivity contribution in [1.82, 2.24) is 9.71 Å². The maximum atomic E-state index is 12.5. The normalized spacial score (nSPS) is 15.9. The smallest absolute Gasteiger partial charge is 0.322 e. The first-order valence-electron chi connectivity index (χ1n) is 8.03. The van der Waals surface area contributed by atoms with Crippen LogP contribution in [0.25, 0.3) is 0 Å². The second-order valence-corrected chi connectivity index (χ2v) is 9.43. The summed E-state index contributed by atoms with van der Waals surface area (Å²) < 4.78 is 27.4. The van der Waals surface area contributed by atoms with E-state index < -0.39 is 22.0 Å². The summed E-state index contributed by atoms with van der Waals surface area (Å²) in [7, 11) is -3.90. The van der Waals surface area contributed by atoms with Crippen LogP contribution < -0.4 is 4.72 Å². The Bertz CT molecular complexity index is 901. The largest absolute Gasteiger partial charge is 0.480 e. The van der Waals surface area contributed by atoms with Gasteiger partial charge in [0.2, 0.25) is 0 Å². The van der Waals surface area contributed by atoms with E-state index in [1.165, 1.54) is 6.20 Å². The Morgan fingerprint density at radius 3 is 2.68 bits per heavy atom. The lowest BCUT2D eigenvalue weighted by atomic mass is 10.0. The number of nitrogens with one attached hydrogen (secondary N) is 1. The van der Waals surface area contributed by atoms with Crippen LogP contribution in [-0.2, 0) is 21.2 Å². The summed E-state index contributed by atoms with van der Waals surface area (Å²) in [5.41, 5.74) is 2.93. The van der Waals surface area contributed by atoms with Gasteiger partial charge in [0, 0.05) is 5.92 Å². The van der Waals surface area contributed by atoms with E-state index in [4.69, 9.17) is 0 Å². The van der Waals surface area contributed by atoms with Crippen LogP contribution >= 0.6 is 11.3 Å². The highest BCUT2D eigenvalue weighted by Gasteiger charge is 2.31. The van der Waals surface area contributed by atoms with Crippen molar-refractivity contribution < 1.29 is 18.3 Å². The highest BCUT2D eigenvalue weighted by Crippen LogP contribution is 2.42. The molecular formula is C17H20N2O4S2. The minimum Gasteiger partial charge on any atom is -0.480 e. The van der Waals surface area contributed by atoms with Crippen LogP contribution in [0.15, 0.2) is 28.6 Å². The third-order valence-electron chi connectivity index (χ3n) is 4.30. The number of carbonyl (C=O) groups is 1. The Hall–Kier alpha value is -1.77. The number of hydrogen-bond acceptors (Lipinski definition) is 5. The van der Waals surface area contributed by atoms with Crippen molar-refractivity contribution in [1.29, 1.82) is 0 Å². The topological polar surface area (TPSA) is 96.4 Å². The molecule has 1 aromatic heterocycles. The zero-order chi connectivity index (χ0) is 18.2. The molecule has 1 aliphatic rings. The van der Waals surface area contributed by atoms with Crippen molar-refractivity contribution in [3.63, 3.8) is 0 Å². The Labute approximate surface area is 151 Å². The third-order valence-corrected chi connectivity index (χ3v) is 7.39. The molecule has 1 aliphatic carbocycles. The second-order valence-electron chi connectivity index (χ2n) is 6.43. The predicted octanol–water partition coefficient (Wildman–Crippen LogP) is 2.61. The van der Waals surface area contributed by atoms with Gasteiger partial charge < -0.3 is 5.11 Å². The van der Waals surface area contributed by atoms with Crippen LogP contribution in [0.2, 0.25) is 0 Å². The molecule has 134 valence electrons. The minimum absolute atomic E-state index is 0.0701. The van der Waals surface area contributed by atoms with E-state index in [9.17, 15) is 18.3 Å². The lowest BCUT2D eigenvalue weighted by Gasteiger charge is -2.15. The van der Waals surface area contributed by atoms with Gasteiger partial charge in [0.05, 0.1) is 11.2 Å². The molecule has 1 fully saturated rings. The number of sulfonamides is 1. The molecule has 0 spiro atoms. The number of carboxylic acids is 1. The molecule has 2 aromatic rings. The molecule has 0 saturated heterocycles. The quantitative estimate of drug-likeness (QED) is 0.770. The first-order chi connectivity index (χ1) is 11.8. The molecule has 0 bridgehead atoms. The van der Waals surface area contributed by atoms with Crippen LogP contribution in [0.1, 0.15) is 40.5 Å². The van der Waals surface area contributed by atoms with E-state index in [-0.39, 0.29) is 10.6 Å². The molecule has 1 atom stereocenters. The summed E-state index contributed by atoms with van der Waals surface area (Å²) in [5, 5.41) is 10.2. The van der Waals surface area contributed by atoms with Crippen LogP contribution in [0.4, 0.5) is 0 Å². The summed E-state index contributed by atoms with van der Waals surface area (Å²) in [6, 6.07) is 4.39. The van der Waals surface area contributed by atoms with Gasteiger partial charge in [-0.2, -0.15) is 4.72 Å². The molecule has 25 heavy (non-hydrogen) atoms. The molecule has 3 rings (SSSR count). The molecule has 0 radical (unpaired) electrons. The van der Waals surface area contributed by atoms with E-state index in [0.29, 0.717) is 5.92 Å². The maximum Gasteiger partial charge on any atom is 0.322 e. The van der Waals surface area contributed by atoms with Crippen molar-refractivity contribution in [2.45, 2.75) is 49.3 Å². The highest BCUT2D eigenvalue weighted by atomic mass is 32.2. The van der Waals surface area contributed by atoms with E-state index in [0.717, 1.165) is 45.9 Å². The Morgan fingerprint density at radius 2 is 2.08 bits per heavy atom. The minimum atomic E-state index is -3.90. The average molecular weight is 380 g/mol. The number of nitrogens with zero attached hydrogens (tertiary/aromatic N) is 1. The number of hydrogen-bond donors (Lipinski definition) is 2. The fourth-order valence-electron chi connectivity index (χ4n) is 2.51. The molecule has 1 unspecified atom stereocenters. The Balaban J connectivity index is 1.77.